The van der Waals surface area contributed by atoms with Gasteiger partial charge in [-0.3, -0.25) is 0 Å². The smallest absolute Gasteiger partial charge is 0.337 e. The molecular weight excluding hydrogens is 316 g/mol. The van der Waals surface area contributed by atoms with Crippen LogP contribution in [0, 0.1) is 0 Å². The van der Waals surface area contributed by atoms with Crippen LogP contribution < -0.4 is 0 Å². The Morgan fingerprint density at radius 2 is 1.87 bits per heavy atom. The number of benzene rings is 2. The maximum absolute atomic E-state index is 11.7. The molecule has 0 aliphatic heterocycles. The van der Waals surface area contributed by atoms with Gasteiger partial charge in [-0.2, -0.15) is 0 Å². The van der Waals surface area contributed by atoms with Crippen LogP contribution in [0.3, 0.4) is 0 Å². The number of esters is 2. The van der Waals surface area contributed by atoms with E-state index in [1.807, 2.05) is 6.07 Å². The molecule has 0 saturated carbocycles. The lowest BCUT2D eigenvalue weighted by molar-refractivity contribution is -0.138. The minimum absolute atomic E-state index is 0.158. The van der Waals surface area contributed by atoms with E-state index in [1.165, 1.54) is 13.2 Å². The summed E-state index contributed by atoms with van der Waals surface area (Å²) in [4.78, 5) is 23.0. The molecule has 0 aliphatic rings. The average molecular weight is 331 g/mol. The second-order valence-corrected chi connectivity index (χ2v) is 5.12. The lowest BCUT2D eigenvalue weighted by Crippen LogP contribution is -2.01. The number of hydrogen-bond donors (Lipinski definition) is 0. The molecule has 0 heterocycles. The highest BCUT2D eigenvalue weighted by Gasteiger charge is 2.04. The fourth-order valence-corrected chi connectivity index (χ4v) is 2.05. The Hall–Kier alpha value is -2.59. The lowest BCUT2D eigenvalue weighted by Gasteiger charge is -2.02. The molecule has 23 heavy (non-hydrogen) atoms. The van der Waals surface area contributed by atoms with Crippen molar-refractivity contribution in [3.05, 3.63) is 76.3 Å². The zero-order valence-corrected chi connectivity index (χ0v) is 13.2. The standard InChI is InChI=1S/C18H15ClO4/c1-22-18(21)15-8-5-13(6-9-15)7-10-17(20)23-12-14-3-2-4-16(19)11-14/h2-11H,12H2,1H3/b10-7+. The zero-order chi connectivity index (χ0) is 16.7. The largest absolute Gasteiger partial charge is 0.465 e. The van der Waals surface area contributed by atoms with E-state index < -0.39 is 11.9 Å². The van der Waals surface area contributed by atoms with Crippen LogP contribution in [0.25, 0.3) is 6.08 Å². The van der Waals surface area contributed by atoms with Gasteiger partial charge >= 0.3 is 11.9 Å². The normalized spacial score (nSPS) is 10.5. The van der Waals surface area contributed by atoms with E-state index in [9.17, 15) is 9.59 Å². The van der Waals surface area contributed by atoms with Crippen LogP contribution in [0.4, 0.5) is 0 Å². The van der Waals surface area contributed by atoms with Crippen molar-refractivity contribution in [1.82, 2.24) is 0 Å². The molecule has 0 unspecified atom stereocenters. The van der Waals surface area contributed by atoms with E-state index in [0.717, 1.165) is 11.1 Å². The van der Waals surface area contributed by atoms with Crippen molar-refractivity contribution in [2.24, 2.45) is 0 Å². The third-order valence-corrected chi connectivity index (χ3v) is 3.25. The second-order valence-electron chi connectivity index (χ2n) is 4.68. The summed E-state index contributed by atoms with van der Waals surface area (Å²) < 4.78 is 9.74. The first kappa shape index (κ1) is 16.8. The molecule has 2 aromatic carbocycles. The topological polar surface area (TPSA) is 52.6 Å². The van der Waals surface area contributed by atoms with Crippen molar-refractivity contribution in [2.45, 2.75) is 6.61 Å². The Balaban J connectivity index is 1.89. The van der Waals surface area contributed by atoms with Crippen LogP contribution in [-0.2, 0) is 20.9 Å². The Bertz CT molecular complexity index is 720. The van der Waals surface area contributed by atoms with E-state index in [2.05, 4.69) is 4.74 Å². The summed E-state index contributed by atoms with van der Waals surface area (Å²) >= 11 is 5.86. The van der Waals surface area contributed by atoms with Crippen molar-refractivity contribution >= 4 is 29.6 Å². The van der Waals surface area contributed by atoms with E-state index in [-0.39, 0.29) is 6.61 Å². The summed E-state index contributed by atoms with van der Waals surface area (Å²) in [6, 6.07) is 13.8. The fourth-order valence-electron chi connectivity index (χ4n) is 1.84. The number of hydrogen-bond acceptors (Lipinski definition) is 4. The molecular formula is C18H15ClO4. The van der Waals surface area contributed by atoms with Gasteiger partial charge in [-0.05, 0) is 41.5 Å². The first-order valence-electron chi connectivity index (χ1n) is 6.86. The molecule has 0 atom stereocenters. The predicted molar refractivity (Wildman–Crippen MR) is 88.1 cm³/mol. The first-order valence-corrected chi connectivity index (χ1v) is 7.24. The lowest BCUT2D eigenvalue weighted by atomic mass is 10.1. The van der Waals surface area contributed by atoms with E-state index >= 15 is 0 Å². The van der Waals surface area contributed by atoms with Gasteiger partial charge in [0, 0.05) is 11.1 Å². The molecule has 5 heteroatoms. The average Bonchev–Trinajstić information content (AvgIpc) is 2.58. The summed E-state index contributed by atoms with van der Waals surface area (Å²) in [5, 5.41) is 0.597. The van der Waals surface area contributed by atoms with E-state index in [1.54, 1.807) is 48.5 Å². The van der Waals surface area contributed by atoms with Crippen LogP contribution >= 0.6 is 11.6 Å². The van der Waals surface area contributed by atoms with Gasteiger partial charge in [0.25, 0.3) is 0 Å². The summed E-state index contributed by atoms with van der Waals surface area (Å²) in [6.45, 7) is 0.158. The molecule has 0 fully saturated rings. The molecule has 0 radical (unpaired) electrons. The van der Waals surface area contributed by atoms with Gasteiger partial charge in [-0.15, -0.1) is 0 Å². The summed E-state index contributed by atoms with van der Waals surface area (Å²) in [5.74, 6) is -0.858. The summed E-state index contributed by atoms with van der Waals surface area (Å²) in [7, 11) is 1.33. The number of ether oxygens (including phenoxy) is 2. The monoisotopic (exact) mass is 330 g/mol. The highest BCUT2D eigenvalue weighted by Crippen LogP contribution is 2.12. The van der Waals surface area contributed by atoms with Crippen molar-refractivity contribution in [3.8, 4) is 0 Å². The molecule has 0 bridgehead atoms. The zero-order valence-electron chi connectivity index (χ0n) is 12.5. The Morgan fingerprint density at radius 3 is 2.52 bits per heavy atom. The Morgan fingerprint density at radius 1 is 1.13 bits per heavy atom. The molecule has 0 aromatic heterocycles. The SMILES string of the molecule is COC(=O)c1ccc(/C=C/C(=O)OCc2cccc(Cl)c2)cc1. The van der Waals surface area contributed by atoms with Gasteiger partial charge in [-0.1, -0.05) is 35.9 Å². The minimum atomic E-state index is -0.456. The van der Waals surface area contributed by atoms with Crippen LogP contribution in [0.2, 0.25) is 5.02 Å². The molecule has 0 amide bonds. The van der Waals surface area contributed by atoms with Gasteiger partial charge in [-0.25, -0.2) is 9.59 Å². The second kappa shape index (κ2) is 8.15. The third kappa shape index (κ3) is 5.27. The van der Waals surface area contributed by atoms with Crippen LogP contribution in [-0.4, -0.2) is 19.0 Å². The van der Waals surface area contributed by atoms with E-state index in [4.69, 9.17) is 16.3 Å². The molecule has 118 valence electrons. The molecule has 0 aliphatic carbocycles. The van der Waals surface area contributed by atoms with Crippen LogP contribution in [0.5, 0.6) is 0 Å². The maximum Gasteiger partial charge on any atom is 0.337 e. The van der Waals surface area contributed by atoms with Gasteiger partial charge in [0.05, 0.1) is 12.7 Å². The van der Waals surface area contributed by atoms with Gasteiger partial charge in [0.2, 0.25) is 0 Å². The summed E-state index contributed by atoms with van der Waals surface area (Å²) in [6.07, 6.45) is 2.94. The van der Waals surface area contributed by atoms with Gasteiger partial charge < -0.3 is 9.47 Å². The molecule has 0 spiro atoms. The van der Waals surface area contributed by atoms with Crippen LogP contribution in [0.15, 0.2) is 54.6 Å². The summed E-state index contributed by atoms with van der Waals surface area (Å²) in [5.41, 5.74) is 2.05. The van der Waals surface area contributed by atoms with E-state index in [0.29, 0.717) is 10.6 Å². The van der Waals surface area contributed by atoms with Crippen LogP contribution in [0.1, 0.15) is 21.5 Å². The van der Waals surface area contributed by atoms with Crippen molar-refractivity contribution in [1.29, 1.82) is 0 Å². The molecule has 0 N–H and O–H groups in total. The maximum atomic E-state index is 11.7. The van der Waals surface area contributed by atoms with Crippen molar-refractivity contribution in [2.75, 3.05) is 7.11 Å². The number of methoxy groups -OCH3 is 1. The molecule has 0 saturated heterocycles. The predicted octanol–water partition coefficient (Wildman–Crippen LogP) is 3.88. The van der Waals surface area contributed by atoms with Gasteiger partial charge in [0.15, 0.2) is 0 Å². The quantitative estimate of drug-likeness (QED) is 0.616. The first-order chi connectivity index (χ1) is 11.1. The highest BCUT2D eigenvalue weighted by molar-refractivity contribution is 6.30. The minimum Gasteiger partial charge on any atom is -0.465 e. The Labute approximate surface area is 139 Å². The fraction of sp³-hybridized carbons (Fsp3) is 0.111. The van der Waals surface area contributed by atoms with Crippen molar-refractivity contribution < 1.29 is 19.1 Å². The number of rotatable bonds is 5. The molecule has 4 nitrogen and oxygen atoms in total. The number of carbonyl (C=O) groups is 2. The number of halogens is 1. The third-order valence-electron chi connectivity index (χ3n) is 3.01. The van der Waals surface area contributed by atoms with Crippen molar-refractivity contribution in [3.63, 3.8) is 0 Å². The Kier molecular flexibility index (Phi) is 5.94. The molecule has 2 aromatic rings. The molecule has 2 rings (SSSR count). The highest BCUT2D eigenvalue weighted by atomic mass is 35.5. The van der Waals surface area contributed by atoms with Gasteiger partial charge in [0.1, 0.15) is 6.61 Å². The number of carbonyl (C=O) groups excluding carboxylic acids is 2.